The molecule has 5 heteroatoms. The highest BCUT2D eigenvalue weighted by Crippen LogP contribution is 2.42. The summed E-state index contributed by atoms with van der Waals surface area (Å²) in [6.07, 6.45) is 4.58. The summed E-state index contributed by atoms with van der Waals surface area (Å²) in [6, 6.07) is 6.93. The van der Waals surface area contributed by atoms with Crippen LogP contribution in [0.15, 0.2) is 24.3 Å². The van der Waals surface area contributed by atoms with E-state index in [2.05, 4.69) is 0 Å². The average molecular weight is 273 g/mol. The number of nitrogen functional groups attached to an aromatic ring is 1. The van der Waals surface area contributed by atoms with Gasteiger partial charge in [-0.1, -0.05) is 19.3 Å². The van der Waals surface area contributed by atoms with Gasteiger partial charge in [-0.25, -0.2) is 4.79 Å². The lowest BCUT2D eigenvalue weighted by atomic mass is 9.80. The van der Waals surface area contributed by atoms with Crippen LogP contribution in [0.25, 0.3) is 0 Å². The minimum atomic E-state index is -0.680. The maximum absolute atomic E-state index is 12.6. The quantitative estimate of drug-likeness (QED) is 0.631. The highest BCUT2D eigenvalue weighted by molar-refractivity contribution is 6.16. The molecule has 2 fully saturated rings. The van der Waals surface area contributed by atoms with Crippen LogP contribution in [0.5, 0.6) is 0 Å². The average Bonchev–Trinajstić information content (AvgIpc) is 2.64. The fourth-order valence-electron chi connectivity index (χ4n) is 3.38. The van der Waals surface area contributed by atoms with Crippen LogP contribution in [-0.4, -0.2) is 29.4 Å². The molecule has 0 bridgehead atoms. The van der Waals surface area contributed by atoms with Gasteiger partial charge in [0.2, 0.25) is 0 Å². The number of hydrogen-bond acceptors (Lipinski definition) is 3. The molecule has 1 saturated carbocycles. The first kappa shape index (κ1) is 13.0. The van der Waals surface area contributed by atoms with E-state index in [1.165, 1.54) is 4.90 Å². The largest absolute Gasteiger partial charge is 0.399 e. The summed E-state index contributed by atoms with van der Waals surface area (Å²) in [7, 11) is 1.57. The molecule has 20 heavy (non-hydrogen) atoms. The maximum Gasteiger partial charge on any atom is 0.331 e. The van der Waals surface area contributed by atoms with Crippen LogP contribution in [0.2, 0.25) is 0 Å². The summed E-state index contributed by atoms with van der Waals surface area (Å²) in [5.74, 6) is -0.0703. The summed E-state index contributed by atoms with van der Waals surface area (Å²) < 4.78 is 0. The molecule has 0 atom stereocenters. The van der Waals surface area contributed by atoms with E-state index in [0.29, 0.717) is 5.69 Å². The predicted octanol–water partition coefficient (Wildman–Crippen LogP) is 2.37. The first-order valence-electron chi connectivity index (χ1n) is 7.04. The fourth-order valence-corrected chi connectivity index (χ4v) is 3.38. The predicted molar refractivity (Wildman–Crippen MR) is 77.3 cm³/mol. The number of likely N-dealkylation sites (N-methyl/N-ethyl adjacent to an activating group) is 1. The maximum atomic E-state index is 12.6. The molecule has 1 aliphatic carbocycles. The molecule has 106 valence electrons. The zero-order valence-corrected chi connectivity index (χ0v) is 11.6. The number of nitrogens with two attached hydrogens (primary N) is 1. The Kier molecular flexibility index (Phi) is 2.92. The van der Waals surface area contributed by atoms with Gasteiger partial charge in [-0.05, 0) is 37.1 Å². The lowest BCUT2D eigenvalue weighted by Gasteiger charge is -2.38. The van der Waals surface area contributed by atoms with Crippen molar-refractivity contribution in [3.63, 3.8) is 0 Å². The number of imide groups is 1. The fraction of sp³-hybridized carbons (Fsp3) is 0.467. The van der Waals surface area contributed by atoms with Crippen LogP contribution in [0, 0.1) is 0 Å². The first-order chi connectivity index (χ1) is 9.56. The molecule has 1 aromatic carbocycles. The lowest BCUT2D eigenvalue weighted by molar-refractivity contribution is -0.130. The Bertz CT molecular complexity index is 547. The molecule has 2 aliphatic rings. The van der Waals surface area contributed by atoms with E-state index >= 15 is 0 Å². The van der Waals surface area contributed by atoms with Crippen molar-refractivity contribution in [3.05, 3.63) is 24.3 Å². The molecule has 0 radical (unpaired) electrons. The number of rotatable bonds is 1. The van der Waals surface area contributed by atoms with Gasteiger partial charge in [-0.15, -0.1) is 0 Å². The summed E-state index contributed by atoms with van der Waals surface area (Å²) in [5, 5.41) is 0. The Hall–Kier alpha value is -2.04. The van der Waals surface area contributed by atoms with E-state index in [0.717, 1.165) is 37.8 Å². The van der Waals surface area contributed by atoms with Gasteiger partial charge in [0.1, 0.15) is 5.54 Å². The minimum Gasteiger partial charge on any atom is -0.399 e. The normalized spacial score (nSPS) is 21.9. The Morgan fingerprint density at radius 1 is 1.05 bits per heavy atom. The van der Waals surface area contributed by atoms with Crippen LogP contribution < -0.4 is 10.6 Å². The number of urea groups is 1. The third-order valence-electron chi connectivity index (χ3n) is 4.44. The molecule has 0 aromatic heterocycles. The number of amides is 3. The minimum absolute atomic E-state index is 0.0703. The molecule has 1 saturated heterocycles. The first-order valence-corrected chi connectivity index (χ1v) is 7.04. The Labute approximate surface area is 118 Å². The molecule has 2 N–H and O–H groups in total. The molecule has 1 heterocycles. The van der Waals surface area contributed by atoms with Gasteiger partial charge in [0.25, 0.3) is 5.91 Å². The van der Waals surface area contributed by atoms with Gasteiger partial charge >= 0.3 is 6.03 Å². The van der Waals surface area contributed by atoms with Crippen LogP contribution in [0.4, 0.5) is 16.2 Å². The van der Waals surface area contributed by atoms with Gasteiger partial charge in [-0.3, -0.25) is 14.6 Å². The van der Waals surface area contributed by atoms with Crippen molar-refractivity contribution < 1.29 is 9.59 Å². The van der Waals surface area contributed by atoms with Crippen LogP contribution >= 0.6 is 0 Å². The van der Waals surface area contributed by atoms with E-state index in [1.807, 2.05) is 12.1 Å². The Morgan fingerprint density at radius 2 is 1.65 bits per heavy atom. The lowest BCUT2D eigenvalue weighted by Crippen LogP contribution is -2.51. The Balaban J connectivity index is 2.07. The van der Waals surface area contributed by atoms with Crippen molar-refractivity contribution in [2.75, 3.05) is 17.7 Å². The van der Waals surface area contributed by atoms with Gasteiger partial charge in [0, 0.05) is 18.4 Å². The van der Waals surface area contributed by atoms with E-state index in [4.69, 9.17) is 5.73 Å². The topological polar surface area (TPSA) is 66.6 Å². The number of carbonyl (C=O) groups is 2. The second kappa shape index (κ2) is 4.51. The monoisotopic (exact) mass is 273 g/mol. The van der Waals surface area contributed by atoms with E-state index in [9.17, 15) is 9.59 Å². The zero-order chi connectivity index (χ0) is 14.3. The molecule has 1 aromatic rings. The van der Waals surface area contributed by atoms with Crippen molar-refractivity contribution in [1.29, 1.82) is 0 Å². The molecule has 0 unspecified atom stereocenters. The third-order valence-corrected chi connectivity index (χ3v) is 4.44. The number of hydrogen-bond donors (Lipinski definition) is 1. The smallest absolute Gasteiger partial charge is 0.331 e. The van der Waals surface area contributed by atoms with Crippen LogP contribution in [0.3, 0.4) is 0 Å². The number of anilines is 2. The second-order valence-corrected chi connectivity index (χ2v) is 5.67. The summed E-state index contributed by atoms with van der Waals surface area (Å²) in [6.45, 7) is 0. The number of carbonyl (C=O) groups excluding carboxylic acids is 2. The SMILES string of the molecule is CN1C(=O)N(c2ccc(N)cc2)C2(CCCCC2)C1=O. The molecule has 3 rings (SSSR count). The highest BCUT2D eigenvalue weighted by Gasteiger charge is 2.56. The molecule has 1 spiro atoms. The molecular weight excluding hydrogens is 254 g/mol. The standard InChI is InChI=1S/C15H19N3O2/c1-17-13(19)15(9-3-2-4-10-15)18(14(17)20)12-7-5-11(16)6-8-12/h5-8H,2-4,9-10,16H2,1H3. The highest BCUT2D eigenvalue weighted by atomic mass is 16.2. The van der Waals surface area contributed by atoms with E-state index < -0.39 is 5.54 Å². The summed E-state index contributed by atoms with van der Waals surface area (Å²) >= 11 is 0. The van der Waals surface area contributed by atoms with Crippen molar-refractivity contribution in [2.45, 2.75) is 37.6 Å². The molecular formula is C15H19N3O2. The second-order valence-electron chi connectivity index (χ2n) is 5.67. The van der Waals surface area contributed by atoms with Gasteiger partial charge < -0.3 is 5.73 Å². The number of benzene rings is 1. The van der Waals surface area contributed by atoms with Crippen LogP contribution in [0.1, 0.15) is 32.1 Å². The molecule has 1 aliphatic heterocycles. The van der Waals surface area contributed by atoms with E-state index in [-0.39, 0.29) is 11.9 Å². The van der Waals surface area contributed by atoms with Crippen LogP contribution in [-0.2, 0) is 4.79 Å². The third kappa shape index (κ3) is 1.69. The van der Waals surface area contributed by atoms with Gasteiger partial charge in [0.05, 0.1) is 0 Å². The molecule has 3 amide bonds. The van der Waals surface area contributed by atoms with E-state index in [1.54, 1.807) is 24.1 Å². The van der Waals surface area contributed by atoms with Crippen molar-refractivity contribution in [3.8, 4) is 0 Å². The Morgan fingerprint density at radius 3 is 2.25 bits per heavy atom. The van der Waals surface area contributed by atoms with Gasteiger partial charge in [-0.2, -0.15) is 0 Å². The summed E-state index contributed by atoms with van der Waals surface area (Å²) in [4.78, 5) is 28.0. The number of nitrogens with zero attached hydrogens (tertiary/aromatic N) is 2. The van der Waals surface area contributed by atoms with Crippen molar-refractivity contribution in [1.82, 2.24) is 4.90 Å². The van der Waals surface area contributed by atoms with Gasteiger partial charge in [0.15, 0.2) is 0 Å². The summed E-state index contributed by atoms with van der Waals surface area (Å²) in [5.41, 5.74) is 6.43. The van der Waals surface area contributed by atoms with Crippen molar-refractivity contribution >= 4 is 23.3 Å². The zero-order valence-electron chi connectivity index (χ0n) is 11.6. The molecule has 5 nitrogen and oxygen atoms in total. The van der Waals surface area contributed by atoms with Crippen molar-refractivity contribution in [2.24, 2.45) is 0 Å².